The average Bonchev–Trinajstić information content (AvgIpc) is 2.84. The molecule has 0 amide bonds. The molecule has 0 saturated heterocycles. The van der Waals surface area contributed by atoms with Gasteiger partial charge in [-0.3, -0.25) is 0 Å². The molecule has 1 aromatic rings. The van der Waals surface area contributed by atoms with E-state index in [2.05, 4.69) is 5.32 Å². The summed E-state index contributed by atoms with van der Waals surface area (Å²) in [6.45, 7) is 0. The van der Waals surface area contributed by atoms with Gasteiger partial charge in [0.15, 0.2) is 17.5 Å². The quantitative estimate of drug-likeness (QED) is 0.702. The molecule has 0 bridgehead atoms. The predicted molar refractivity (Wildman–Crippen MR) is 43.0 cm³/mol. The SMILES string of the molecule is Fc1cc(NC2CC2)cc(F)c1F. The summed E-state index contributed by atoms with van der Waals surface area (Å²) in [7, 11) is 0. The van der Waals surface area contributed by atoms with Gasteiger partial charge in [-0.1, -0.05) is 0 Å². The smallest absolute Gasteiger partial charge is 0.194 e. The molecule has 1 N–H and O–H groups in total. The highest BCUT2D eigenvalue weighted by Crippen LogP contribution is 2.26. The van der Waals surface area contributed by atoms with E-state index in [0.29, 0.717) is 11.7 Å². The van der Waals surface area contributed by atoms with E-state index >= 15 is 0 Å². The van der Waals surface area contributed by atoms with Gasteiger partial charge in [-0.15, -0.1) is 0 Å². The molecule has 1 aromatic carbocycles. The molecular formula is C9H8F3N. The molecule has 0 radical (unpaired) electrons. The standard InChI is InChI=1S/C9H8F3N/c10-7-3-6(13-5-1-2-5)4-8(11)9(7)12/h3-5,13H,1-2H2. The zero-order valence-electron chi connectivity index (χ0n) is 6.78. The number of halogens is 3. The third-order valence-corrected chi connectivity index (χ3v) is 1.93. The van der Waals surface area contributed by atoms with Crippen molar-refractivity contribution in [2.45, 2.75) is 18.9 Å². The fraction of sp³-hybridized carbons (Fsp3) is 0.333. The first-order valence-electron chi connectivity index (χ1n) is 4.08. The zero-order valence-corrected chi connectivity index (χ0v) is 6.78. The Hall–Kier alpha value is -1.19. The van der Waals surface area contributed by atoms with Crippen LogP contribution in [0.25, 0.3) is 0 Å². The maximum Gasteiger partial charge on any atom is 0.194 e. The van der Waals surface area contributed by atoms with E-state index in [1.165, 1.54) is 0 Å². The molecule has 13 heavy (non-hydrogen) atoms. The summed E-state index contributed by atoms with van der Waals surface area (Å²) in [5.74, 6) is -3.72. The highest BCUT2D eigenvalue weighted by atomic mass is 19.2. The average molecular weight is 187 g/mol. The second-order valence-electron chi connectivity index (χ2n) is 3.17. The molecule has 0 aliphatic heterocycles. The monoisotopic (exact) mass is 187 g/mol. The molecule has 1 fully saturated rings. The van der Waals surface area contributed by atoms with Gasteiger partial charge in [-0.05, 0) is 12.8 Å². The summed E-state index contributed by atoms with van der Waals surface area (Å²) in [5, 5.41) is 2.88. The number of benzene rings is 1. The number of hydrogen-bond acceptors (Lipinski definition) is 1. The number of nitrogens with one attached hydrogen (secondary N) is 1. The number of anilines is 1. The van der Waals surface area contributed by atoms with Crippen LogP contribution in [0.3, 0.4) is 0 Å². The van der Waals surface area contributed by atoms with Crippen molar-refractivity contribution in [3.63, 3.8) is 0 Å². The third-order valence-electron chi connectivity index (χ3n) is 1.93. The van der Waals surface area contributed by atoms with Crippen LogP contribution in [0.4, 0.5) is 18.9 Å². The summed E-state index contributed by atoms with van der Waals surface area (Å²) in [6.07, 6.45) is 2.00. The first-order chi connectivity index (χ1) is 6.16. The molecule has 0 unspecified atom stereocenters. The van der Waals surface area contributed by atoms with Crippen LogP contribution in [0.2, 0.25) is 0 Å². The van der Waals surface area contributed by atoms with Crippen molar-refractivity contribution in [1.29, 1.82) is 0 Å². The number of rotatable bonds is 2. The van der Waals surface area contributed by atoms with E-state index in [9.17, 15) is 13.2 Å². The molecule has 0 aromatic heterocycles. The molecule has 70 valence electrons. The van der Waals surface area contributed by atoms with Crippen molar-refractivity contribution in [1.82, 2.24) is 0 Å². The minimum absolute atomic E-state index is 0.296. The maximum absolute atomic E-state index is 12.7. The summed E-state index contributed by atoms with van der Waals surface area (Å²) < 4.78 is 37.8. The third kappa shape index (κ3) is 1.76. The minimum atomic E-state index is -1.42. The summed E-state index contributed by atoms with van der Waals surface area (Å²) >= 11 is 0. The van der Waals surface area contributed by atoms with Crippen LogP contribution in [0, 0.1) is 17.5 Å². The van der Waals surface area contributed by atoms with E-state index in [4.69, 9.17) is 0 Å². The van der Waals surface area contributed by atoms with Gasteiger partial charge >= 0.3 is 0 Å². The van der Waals surface area contributed by atoms with Crippen LogP contribution in [0.15, 0.2) is 12.1 Å². The molecule has 4 heteroatoms. The molecule has 1 saturated carbocycles. The van der Waals surface area contributed by atoms with Crippen LogP contribution in [0.5, 0.6) is 0 Å². The Morgan fingerprint density at radius 2 is 1.62 bits per heavy atom. The van der Waals surface area contributed by atoms with Crippen LogP contribution < -0.4 is 5.32 Å². The Morgan fingerprint density at radius 3 is 2.08 bits per heavy atom. The summed E-state index contributed by atoms with van der Waals surface area (Å²) in [6, 6.07) is 2.23. The Bertz CT molecular complexity index is 311. The maximum atomic E-state index is 12.7. The number of hydrogen-bond donors (Lipinski definition) is 1. The van der Waals surface area contributed by atoms with Crippen LogP contribution in [-0.2, 0) is 0 Å². The van der Waals surface area contributed by atoms with E-state index < -0.39 is 17.5 Å². The Kier molecular flexibility index (Phi) is 1.90. The van der Waals surface area contributed by atoms with Crippen LogP contribution >= 0.6 is 0 Å². The second-order valence-corrected chi connectivity index (χ2v) is 3.17. The van der Waals surface area contributed by atoms with Gasteiger partial charge in [-0.2, -0.15) is 0 Å². The van der Waals surface area contributed by atoms with Gasteiger partial charge in [-0.25, -0.2) is 13.2 Å². The predicted octanol–water partition coefficient (Wildman–Crippen LogP) is 2.68. The van der Waals surface area contributed by atoms with Gasteiger partial charge < -0.3 is 5.32 Å². The Balaban J connectivity index is 2.25. The van der Waals surface area contributed by atoms with E-state index in [0.717, 1.165) is 25.0 Å². The van der Waals surface area contributed by atoms with Crippen molar-refractivity contribution in [2.24, 2.45) is 0 Å². The van der Waals surface area contributed by atoms with Crippen molar-refractivity contribution in [3.05, 3.63) is 29.6 Å². The topological polar surface area (TPSA) is 12.0 Å². The minimum Gasteiger partial charge on any atom is -0.382 e. The fourth-order valence-corrected chi connectivity index (χ4v) is 1.10. The van der Waals surface area contributed by atoms with E-state index in [-0.39, 0.29) is 0 Å². The molecule has 0 spiro atoms. The highest BCUT2D eigenvalue weighted by molar-refractivity contribution is 5.45. The largest absolute Gasteiger partial charge is 0.382 e. The van der Waals surface area contributed by atoms with Gasteiger partial charge in [0, 0.05) is 23.9 Å². The van der Waals surface area contributed by atoms with E-state index in [1.54, 1.807) is 0 Å². The van der Waals surface area contributed by atoms with Gasteiger partial charge in [0.1, 0.15) is 0 Å². The molecule has 0 heterocycles. The van der Waals surface area contributed by atoms with Crippen molar-refractivity contribution in [3.8, 4) is 0 Å². The van der Waals surface area contributed by atoms with Gasteiger partial charge in [0.2, 0.25) is 0 Å². The lowest BCUT2D eigenvalue weighted by molar-refractivity contribution is 0.447. The molecule has 1 aliphatic carbocycles. The first-order valence-corrected chi connectivity index (χ1v) is 4.08. The Morgan fingerprint density at radius 1 is 1.08 bits per heavy atom. The van der Waals surface area contributed by atoms with E-state index in [1.807, 2.05) is 0 Å². The molecular weight excluding hydrogens is 179 g/mol. The molecule has 2 rings (SSSR count). The second kappa shape index (κ2) is 2.94. The highest BCUT2D eigenvalue weighted by Gasteiger charge is 2.21. The van der Waals surface area contributed by atoms with Crippen molar-refractivity contribution >= 4 is 5.69 Å². The van der Waals surface area contributed by atoms with Gasteiger partial charge in [0.05, 0.1) is 0 Å². The van der Waals surface area contributed by atoms with Crippen molar-refractivity contribution < 1.29 is 13.2 Å². The van der Waals surface area contributed by atoms with Gasteiger partial charge in [0.25, 0.3) is 0 Å². The molecule has 1 nitrogen and oxygen atoms in total. The van der Waals surface area contributed by atoms with Crippen molar-refractivity contribution in [2.75, 3.05) is 5.32 Å². The lowest BCUT2D eigenvalue weighted by atomic mass is 10.3. The lowest BCUT2D eigenvalue weighted by Crippen LogP contribution is -2.03. The lowest BCUT2D eigenvalue weighted by Gasteiger charge is -2.04. The zero-order chi connectivity index (χ0) is 9.42. The summed E-state index contributed by atoms with van der Waals surface area (Å²) in [5.41, 5.74) is 0.305. The summed E-state index contributed by atoms with van der Waals surface area (Å²) in [4.78, 5) is 0. The molecule has 1 aliphatic rings. The van der Waals surface area contributed by atoms with Crippen LogP contribution in [0.1, 0.15) is 12.8 Å². The molecule has 0 atom stereocenters. The van der Waals surface area contributed by atoms with Crippen LogP contribution in [-0.4, -0.2) is 6.04 Å². The Labute approximate surface area is 73.6 Å². The first kappa shape index (κ1) is 8.41. The fourth-order valence-electron chi connectivity index (χ4n) is 1.10. The normalized spacial score (nSPS) is 15.9.